The van der Waals surface area contributed by atoms with E-state index in [-0.39, 0.29) is 5.82 Å². The molecule has 1 N–H and O–H groups in total. The van der Waals surface area contributed by atoms with E-state index in [1.54, 1.807) is 22.9 Å². The predicted molar refractivity (Wildman–Crippen MR) is 138 cm³/mol. The van der Waals surface area contributed by atoms with E-state index < -0.39 is 6.34 Å². The smallest absolute Gasteiger partial charge is 0.170 e. The minimum atomic E-state index is -2.72. The van der Waals surface area contributed by atoms with Crippen LogP contribution < -0.4 is 10.4 Å². The van der Waals surface area contributed by atoms with Crippen LogP contribution in [0.15, 0.2) is 83.9 Å². The number of halogens is 2. The summed E-state index contributed by atoms with van der Waals surface area (Å²) in [4.78, 5) is 4.91. The number of nitrogens with zero attached hydrogens (tertiary/aromatic N) is 4. The van der Waals surface area contributed by atoms with E-state index in [2.05, 4.69) is 5.09 Å². The Morgan fingerprint density at radius 2 is 1.64 bits per heavy atom. The quantitative estimate of drug-likeness (QED) is 0.350. The van der Waals surface area contributed by atoms with Gasteiger partial charge in [0.25, 0.3) is 0 Å². The van der Waals surface area contributed by atoms with Crippen molar-refractivity contribution in [2.75, 3.05) is 12.1 Å². The largest absolute Gasteiger partial charge is 0.338 e. The fourth-order valence-corrected chi connectivity index (χ4v) is 7.57. The van der Waals surface area contributed by atoms with Gasteiger partial charge in [0.2, 0.25) is 0 Å². The number of fused-ring (bicyclic) bond motifs is 1. The molecular weight excluding hydrogens is 476 g/mol. The molecule has 1 atom stereocenters. The van der Waals surface area contributed by atoms with Crippen molar-refractivity contribution >= 4 is 52.4 Å². The number of rotatable bonds is 4. The van der Waals surface area contributed by atoms with Crippen molar-refractivity contribution in [2.24, 2.45) is 4.99 Å². The molecule has 0 aliphatic carbocycles. The standard InChI is InChI=1S/C24H20ClFN5PS/c1-16-22-24(31(28-16)19-8-4-3-5-9-19)27-23(20-10-6-7-11-21(20)26)30(2)32(22,33)29-18-14-12-17(25)13-15-18/h3-15H,1-2H3,(H,29,33). The fourth-order valence-electron chi connectivity index (χ4n) is 3.87. The van der Waals surface area contributed by atoms with E-state index in [0.29, 0.717) is 22.2 Å². The maximum Gasteiger partial charge on any atom is 0.170 e. The van der Waals surface area contributed by atoms with Crippen molar-refractivity contribution in [3.63, 3.8) is 0 Å². The van der Waals surface area contributed by atoms with Crippen LogP contribution in [-0.4, -0.2) is 27.3 Å². The van der Waals surface area contributed by atoms with Crippen molar-refractivity contribution in [2.45, 2.75) is 6.92 Å². The lowest BCUT2D eigenvalue weighted by Gasteiger charge is -2.38. The Bertz CT molecular complexity index is 1420. The molecular formula is C24H20ClFN5PS. The van der Waals surface area contributed by atoms with Gasteiger partial charge in [0.1, 0.15) is 11.7 Å². The maximum atomic E-state index is 14.9. The van der Waals surface area contributed by atoms with Gasteiger partial charge in [-0.1, -0.05) is 41.9 Å². The normalized spacial score (nSPS) is 17.5. The fraction of sp³-hybridized carbons (Fsp3) is 0.0833. The van der Waals surface area contributed by atoms with Gasteiger partial charge in [0, 0.05) is 17.8 Å². The number of benzene rings is 3. The molecule has 5 rings (SSSR count). The summed E-state index contributed by atoms with van der Waals surface area (Å²) in [6.07, 6.45) is -2.72. The highest BCUT2D eigenvalue weighted by Gasteiger charge is 2.40. The third kappa shape index (κ3) is 3.76. The first kappa shape index (κ1) is 21.8. The minimum absolute atomic E-state index is 0.359. The van der Waals surface area contributed by atoms with Gasteiger partial charge < -0.3 is 9.76 Å². The van der Waals surface area contributed by atoms with Crippen LogP contribution in [0.5, 0.6) is 0 Å². The second-order valence-corrected chi connectivity index (χ2v) is 12.1. The van der Waals surface area contributed by atoms with Gasteiger partial charge in [-0.15, -0.1) is 0 Å². The molecule has 0 saturated carbocycles. The molecule has 9 heteroatoms. The minimum Gasteiger partial charge on any atom is -0.338 e. The predicted octanol–water partition coefficient (Wildman–Crippen LogP) is 6.04. The SMILES string of the molecule is Cc1nn(-c2ccccc2)c2c1P(=S)(Nc1ccc(Cl)cc1)N(C)C(c1ccccc1F)=N2. The zero-order valence-electron chi connectivity index (χ0n) is 17.9. The molecule has 1 aliphatic rings. The van der Waals surface area contributed by atoms with Gasteiger partial charge in [-0.3, -0.25) is 0 Å². The first-order valence-corrected chi connectivity index (χ1v) is 13.4. The van der Waals surface area contributed by atoms with Gasteiger partial charge in [-0.25, -0.2) is 14.1 Å². The van der Waals surface area contributed by atoms with Gasteiger partial charge >= 0.3 is 0 Å². The zero-order chi connectivity index (χ0) is 23.2. The Balaban J connectivity index is 1.76. The second-order valence-electron chi connectivity index (χ2n) is 7.64. The summed E-state index contributed by atoms with van der Waals surface area (Å²) < 4.78 is 18.6. The molecule has 2 heterocycles. The lowest BCUT2D eigenvalue weighted by atomic mass is 10.2. The average molecular weight is 496 g/mol. The topological polar surface area (TPSA) is 45.5 Å². The molecule has 0 saturated heterocycles. The van der Waals surface area contributed by atoms with Gasteiger partial charge in [0.15, 0.2) is 12.2 Å². The number of aromatic nitrogens is 2. The van der Waals surface area contributed by atoms with Crippen LogP contribution in [-0.2, 0) is 11.8 Å². The zero-order valence-corrected chi connectivity index (χ0v) is 20.4. The lowest BCUT2D eigenvalue weighted by molar-refractivity contribution is 0.621. The van der Waals surface area contributed by atoms with Gasteiger partial charge in [-0.05, 0) is 67.3 Å². The van der Waals surface area contributed by atoms with Gasteiger partial charge in [-0.2, -0.15) is 5.10 Å². The summed E-state index contributed by atoms with van der Waals surface area (Å²) in [7, 11) is 1.86. The number of amidine groups is 1. The van der Waals surface area contributed by atoms with Crippen LogP contribution in [0.1, 0.15) is 11.3 Å². The summed E-state index contributed by atoms with van der Waals surface area (Å²) >= 11 is 12.4. The first-order valence-electron chi connectivity index (χ1n) is 10.3. The molecule has 166 valence electrons. The molecule has 0 spiro atoms. The number of hydrogen-bond acceptors (Lipinski definition) is 3. The maximum absolute atomic E-state index is 14.9. The van der Waals surface area contributed by atoms with E-state index in [4.69, 9.17) is 33.5 Å². The Kier molecular flexibility index (Phi) is 5.57. The molecule has 3 aromatic carbocycles. The van der Waals surface area contributed by atoms with Crippen molar-refractivity contribution in [1.82, 2.24) is 14.5 Å². The number of hydrogen-bond donors (Lipinski definition) is 1. The summed E-state index contributed by atoms with van der Waals surface area (Å²) in [6, 6.07) is 23.7. The number of aryl methyl sites for hydroxylation is 1. The van der Waals surface area contributed by atoms with E-state index in [1.807, 2.05) is 73.2 Å². The summed E-state index contributed by atoms with van der Waals surface area (Å²) in [5.74, 6) is 0.712. The van der Waals surface area contributed by atoms with Crippen molar-refractivity contribution < 1.29 is 4.39 Å². The lowest BCUT2D eigenvalue weighted by Crippen LogP contribution is -2.36. The Hall–Kier alpha value is -2.99. The Morgan fingerprint density at radius 3 is 2.33 bits per heavy atom. The summed E-state index contributed by atoms with van der Waals surface area (Å²) in [5.41, 5.74) is 2.84. The first-order chi connectivity index (χ1) is 15.9. The van der Waals surface area contributed by atoms with Crippen LogP contribution in [0.2, 0.25) is 5.02 Å². The van der Waals surface area contributed by atoms with Crippen LogP contribution in [0, 0.1) is 12.7 Å². The van der Waals surface area contributed by atoms with Crippen molar-refractivity contribution in [1.29, 1.82) is 0 Å². The second kappa shape index (κ2) is 8.41. The molecule has 1 aliphatic heterocycles. The third-order valence-corrected chi connectivity index (χ3v) is 10.0. The molecule has 0 amide bonds. The van der Waals surface area contributed by atoms with E-state index in [9.17, 15) is 4.39 Å². The van der Waals surface area contributed by atoms with Gasteiger partial charge in [0.05, 0.1) is 22.2 Å². The molecule has 1 unspecified atom stereocenters. The molecule has 1 aromatic heterocycles. The Labute approximate surface area is 201 Å². The van der Waals surface area contributed by atoms with Crippen LogP contribution in [0.4, 0.5) is 15.9 Å². The Morgan fingerprint density at radius 1 is 0.970 bits per heavy atom. The molecule has 5 nitrogen and oxygen atoms in total. The molecule has 4 aromatic rings. The van der Waals surface area contributed by atoms with Crippen LogP contribution in [0.25, 0.3) is 5.69 Å². The number of para-hydroxylation sites is 1. The molecule has 0 fully saturated rings. The van der Waals surface area contributed by atoms with Crippen LogP contribution in [0.3, 0.4) is 0 Å². The molecule has 0 radical (unpaired) electrons. The van der Waals surface area contributed by atoms with E-state index in [1.165, 1.54) is 6.07 Å². The van der Waals surface area contributed by atoms with Crippen molar-refractivity contribution in [3.8, 4) is 5.69 Å². The monoisotopic (exact) mass is 495 g/mol. The van der Waals surface area contributed by atoms with Crippen molar-refractivity contribution in [3.05, 3.63) is 101 Å². The van der Waals surface area contributed by atoms with E-state index >= 15 is 0 Å². The summed E-state index contributed by atoms with van der Waals surface area (Å²) in [5, 5.41) is 9.82. The highest BCUT2D eigenvalue weighted by atomic mass is 35.5. The van der Waals surface area contributed by atoms with Crippen LogP contribution >= 0.6 is 17.9 Å². The summed E-state index contributed by atoms with van der Waals surface area (Å²) in [6.45, 7) is 1.93. The highest BCUT2D eigenvalue weighted by molar-refractivity contribution is 8.18. The number of aliphatic imine (C=N–C) groups is 1. The van der Waals surface area contributed by atoms with E-state index in [0.717, 1.165) is 22.4 Å². The number of nitrogens with one attached hydrogen (secondary N) is 1. The molecule has 0 bridgehead atoms. The number of anilines is 1. The third-order valence-electron chi connectivity index (χ3n) is 5.49. The highest BCUT2D eigenvalue weighted by Crippen LogP contribution is 2.54. The molecule has 33 heavy (non-hydrogen) atoms. The average Bonchev–Trinajstić information content (AvgIpc) is 3.16.